The van der Waals surface area contributed by atoms with Crippen molar-refractivity contribution in [3.8, 4) is 22.5 Å². The highest BCUT2D eigenvalue weighted by Gasteiger charge is 2.14. The van der Waals surface area contributed by atoms with Gasteiger partial charge in [-0.1, -0.05) is 48.5 Å². The fourth-order valence-corrected chi connectivity index (χ4v) is 3.36. The molecule has 2 amide bonds. The van der Waals surface area contributed by atoms with E-state index in [0.29, 0.717) is 38.2 Å². The number of aromatic nitrogens is 4. The molecule has 9 nitrogen and oxygen atoms in total. The molecule has 0 aliphatic heterocycles. The predicted molar refractivity (Wildman–Crippen MR) is 115 cm³/mol. The third kappa shape index (κ3) is 6.19. The smallest absolute Gasteiger partial charge is 0.225 e. The maximum atomic E-state index is 12.4. The zero-order chi connectivity index (χ0) is 22.1. The van der Waals surface area contributed by atoms with Gasteiger partial charge in [-0.05, 0) is 34.7 Å². The standard InChI is InChI=1S/C22H26N6O3/c23-20(30)7-3-4-13-28(21(31)12-14-29)15-16-8-10-17(11-9-16)18-5-1-2-6-19(18)22-24-26-27-25-22/h1-2,5-6,8-11,29H,3-4,7,12-15H2,(H2,23,30)(H,24,25,26,27). The van der Waals surface area contributed by atoms with Gasteiger partial charge in [0.1, 0.15) is 0 Å². The molecule has 0 fully saturated rings. The van der Waals surface area contributed by atoms with Crippen LogP contribution in [0.25, 0.3) is 22.5 Å². The number of hydrogen-bond donors (Lipinski definition) is 3. The van der Waals surface area contributed by atoms with Crippen LogP contribution in [-0.2, 0) is 16.1 Å². The fraction of sp³-hybridized carbons (Fsp3) is 0.318. The van der Waals surface area contributed by atoms with Gasteiger partial charge < -0.3 is 15.7 Å². The Hall–Kier alpha value is -3.59. The number of carbonyl (C=O) groups is 2. The van der Waals surface area contributed by atoms with Crippen molar-refractivity contribution in [3.63, 3.8) is 0 Å². The van der Waals surface area contributed by atoms with E-state index in [0.717, 1.165) is 22.3 Å². The molecule has 0 bridgehead atoms. The van der Waals surface area contributed by atoms with Gasteiger partial charge in [0.05, 0.1) is 6.61 Å². The molecular weight excluding hydrogens is 396 g/mol. The minimum absolute atomic E-state index is 0.0754. The largest absolute Gasteiger partial charge is 0.396 e. The number of primary amides is 1. The normalized spacial score (nSPS) is 10.7. The Labute approximate surface area is 180 Å². The number of aliphatic hydroxyl groups excluding tert-OH is 1. The second-order valence-corrected chi connectivity index (χ2v) is 7.19. The lowest BCUT2D eigenvalue weighted by atomic mass is 9.98. The van der Waals surface area contributed by atoms with Crippen LogP contribution in [0.1, 0.15) is 31.2 Å². The summed E-state index contributed by atoms with van der Waals surface area (Å²) in [6.07, 6.45) is 1.68. The highest BCUT2D eigenvalue weighted by molar-refractivity contribution is 5.80. The molecule has 162 valence electrons. The molecule has 9 heteroatoms. The van der Waals surface area contributed by atoms with E-state index in [2.05, 4.69) is 20.6 Å². The topological polar surface area (TPSA) is 138 Å². The van der Waals surface area contributed by atoms with Gasteiger partial charge in [-0.25, -0.2) is 0 Å². The number of nitrogens with zero attached hydrogens (tertiary/aromatic N) is 4. The van der Waals surface area contributed by atoms with Gasteiger partial charge in [0.15, 0.2) is 0 Å². The molecule has 0 saturated carbocycles. The van der Waals surface area contributed by atoms with Crippen LogP contribution in [-0.4, -0.2) is 55.6 Å². The number of rotatable bonds is 11. The highest BCUT2D eigenvalue weighted by Crippen LogP contribution is 2.29. The quantitative estimate of drug-likeness (QED) is 0.404. The summed E-state index contributed by atoms with van der Waals surface area (Å²) in [6.45, 7) is 0.749. The van der Waals surface area contributed by atoms with Crippen LogP contribution in [0.15, 0.2) is 48.5 Å². The first-order valence-corrected chi connectivity index (χ1v) is 10.2. The van der Waals surface area contributed by atoms with E-state index in [4.69, 9.17) is 10.8 Å². The molecule has 31 heavy (non-hydrogen) atoms. The van der Waals surface area contributed by atoms with E-state index in [1.807, 2.05) is 48.5 Å². The third-order valence-corrected chi connectivity index (χ3v) is 4.93. The Bertz CT molecular complexity index is 989. The maximum absolute atomic E-state index is 12.4. The highest BCUT2D eigenvalue weighted by atomic mass is 16.3. The summed E-state index contributed by atoms with van der Waals surface area (Å²) >= 11 is 0. The molecule has 4 N–H and O–H groups in total. The molecule has 1 heterocycles. The van der Waals surface area contributed by atoms with Gasteiger partial charge in [-0.15, -0.1) is 10.2 Å². The second kappa shape index (κ2) is 11.0. The minimum Gasteiger partial charge on any atom is -0.396 e. The average Bonchev–Trinajstić information content (AvgIpc) is 3.31. The average molecular weight is 422 g/mol. The van der Waals surface area contributed by atoms with Crippen molar-refractivity contribution < 1.29 is 14.7 Å². The summed E-state index contributed by atoms with van der Waals surface area (Å²) in [4.78, 5) is 25.0. The Balaban J connectivity index is 1.72. The summed E-state index contributed by atoms with van der Waals surface area (Å²) < 4.78 is 0. The first-order chi connectivity index (χ1) is 15.1. The Kier molecular flexibility index (Phi) is 7.83. The lowest BCUT2D eigenvalue weighted by Gasteiger charge is -2.23. The summed E-state index contributed by atoms with van der Waals surface area (Å²) in [7, 11) is 0. The van der Waals surface area contributed by atoms with E-state index in [-0.39, 0.29) is 24.8 Å². The van der Waals surface area contributed by atoms with E-state index >= 15 is 0 Å². The van der Waals surface area contributed by atoms with E-state index in [1.165, 1.54) is 0 Å². The van der Waals surface area contributed by atoms with Crippen molar-refractivity contribution in [1.29, 1.82) is 0 Å². The number of benzene rings is 2. The molecule has 0 radical (unpaired) electrons. The monoisotopic (exact) mass is 422 g/mol. The molecule has 0 unspecified atom stereocenters. The van der Waals surface area contributed by atoms with Crippen LogP contribution in [0, 0.1) is 0 Å². The molecule has 0 atom stereocenters. The number of nitrogens with one attached hydrogen (secondary N) is 1. The first-order valence-electron chi connectivity index (χ1n) is 10.2. The molecule has 1 aromatic heterocycles. The lowest BCUT2D eigenvalue weighted by molar-refractivity contribution is -0.132. The van der Waals surface area contributed by atoms with E-state index < -0.39 is 0 Å². The zero-order valence-electron chi connectivity index (χ0n) is 17.2. The second-order valence-electron chi connectivity index (χ2n) is 7.19. The maximum Gasteiger partial charge on any atom is 0.225 e. The van der Waals surface area contributed by atoms with Gasteiger partial charge in [0.2, 0.25) is 17.6 Å². The summed E-state index contributed by atoms with van der Waals surface area (Å²) in [6, 6.07) is 15.8. The summed E-state index contributed by atoms with van der Waals surface area (Å²) in [5.41, 5.74) is 9.01. The molecular formula is C22H26N6O3. The predicted octanol–water partition coefficient (Wildman–Crippen LogP) is 1.90. The number of tetrazole rings is 1. The van der Waals surface area contributed by atoms with Crippen LogP contribution in [0.5, 0.6) is 0 Å². The Morgan fingerprint density at radius 3 is 2.39 bits per heavy atom. The van der Waals surface area contributed by atoms with Crippen molar-refractivity contribution in [1.82, 2.24) is 25.5 Å². The Morgan fingerprint density at radius 1 is 1.00 bits per heavy atom. The number of aliphatic hydroxyl groups is 1. The van der Waals surface area contributed by atoms with Crippen LogP contribution in [0.4, 0.5) is 0 Å². The van der Waals surface area contributed by atoms with Gasteiger partial charge in [-0.3, -0.25) is 9.59 Å². The van der Waals surface area contributed by atoms with Gasteiger partial charge in [0, 0.05) is 31.5 Å². The molecule has 0 aliphatic rings. The zero-order valence-corrected chi connectivity index (χ0v) is 17.2. The Morgan fingerprint density at radius 2 is 1.74 bits per heavy atom. The molecule has 0 saturated heterocycles. The van der Waals surface area contributed by atoms with Crippen LogP contribution in [0.2, 0.25) is 0 Å². The van der Waals surface area contributed by atoms with Crippen LogP contribution >= 0.6 is 0 Å². The molecule has 0 aliphatic carbocycles. The number of unbranched alkanes of at least 4 members (excludes halogenated alkanes) is 1. The van der Waals surface area contributed by atoms with Gasteiger partial charge in [-0.2, -0.15) is 5.21 Å². The number of hydrogen-bond acceptors (Lipinski definition) is 6. The van der Waals surface area contributed by atoms with Crippen molar-refractivity contribution in [2.75, 3.05) is 13.2 Å². The molecule has 3 aromatic rings. The van der Waals surface area contributed by atoms with E-state index in [1.54, 1.807) is 4.90 Å². The molecule has 3 rings (SSSR count). The number of aromatic amines is 1. The SMILES string of the molecule is NC(=O)CCCCN(Cc1ccc(-c2ccccc2-c2nn[nH]n2)cc1)C(=O)CCO. The molecule has 2 aromatic carbocycles. The number of nitrogens with two attached hydrogens (primary N) is 1. The lowest BCUT2D eigenvalue weighted by Crippen LogP contribution is -2.32. The van der Waals surface area contributed by atoms with Crippen molar-refractivity contribution >= 4 is 11.8 Å². The van der Waals surface area contributed by atoms with Crippen LogP contribution < -0.4 is 5.73 Å². The van der Waals surface area contributed by atoms with E-state index in [9.17, 15) is 9.59 Å². The van der Waals surface area contributed by atoms with Gasteiger partial charge in [0.25, 0.3) is 0 Å². The van der Waals surface area contributed by atoms with Crippen molar-refractivity contribution in [2.24, 2.45) is 5.73 Å². The number of carbonyl (C=O) groups excluding carboxylic acids is 2. The van der Waals surface area contributed by atoms with Crippen LogP contribution in [0.3, 0.4) is 0 Å². The molecule has 0 spiro atoms. The van der Waals surface area contributed by atoms with Crippen molar-refractivity contribution in [3.05, 3.63) is 54.1 Å². The summed E-state index contributed by atoms with van der Waals surface area (Å²) in [5, 5.41) is 23.4. The fourth-order valence-electron chi connectivity index (χ4n) is 3.36. The van der Waals surface area contributed by atoms with Gasteiger partial charge >= 0.3 is 0 Å². The minimum atomic E-state index is -0.343. The van der Waals surface area contributed by atoms with Crippen molar-refractivity contribution in [2.45, 2.75) is 32.2 Å². The first kappa shape index (κ1) is 22.1. The number of amides is 2. The summed E-state index contributed by atoms with van der Waals surface area (Å²) in [5.74, 6) is 0.0643. The number of H-pyrrole nitrogens is 1. The third-order valence-electron chi connectivity index (χ3n) is 4.93.